The Morgan fingerprint density at radius 1 is 1.14 bits per heavy atom. The number of fused-ring (bicyclic) bond motifs is 1. The molecule has 1 aromatic rings. The maximum atomic E-state index is 5.60. The van der Waals surface area contributed by atoms with Crippen molar-refractivity contribution in [2.24, 2.45) is 0 Å². The Bertz CT molecular complexity index is 307. The standard InChI is InChI=1S/C12H16O2/c1-13-7-2-8-14-12-6-5-10-3-4-11(10)9-12/h5-6,9H,2-4,7-8H2,1H3. The van der Waals surface area contributed by atoms with E-state index in [1.54, 1.807) is 7.11 Å². The average Bonchev–Trinajstić information content (AvgIpc) is 2.16. The van der Waals surface area contributed by atoms with Crippen molar-refractivity contribution in [3.05, 3.63) is 29.3 Å². The number of hydrogen-bond donors (Lipinski definition) is 0. The van der Waals surface area contributed by atoms with Crippen LogP contribution >= 0.6 is 0 Å². The van der Waals surface area contributed by atoms with Gasteiger partial charge in [-0.1, -0.05) is 6.07 Å². The van der Waals surface area contributed by atoms with Gasteiger partial charge in [0, 0.05) is 20.1 Å². The first-order valence-corrected chi connectivity index (χ1v) is 5.13. The quantitative estimate of drug-likeness (QED) is 0.666. The average molecular weight is 192 g/mol. The molecule has 0 amide bonds. The lowest BCUT2D eigenvalue weighted by Gasteiger charge is -2.19. The molecule has 1 aliphatic rings. The lowest BCUT2D eigenvalue weighted by molar-refractivity contribution is 0.172. The highest BCUT2D eigenvalue weighted by atomic mass is 16.5. The molecule has 0 atom stereocenters. The molecule has 0 bridgehead atoms. The molecule has 0 unspecified atom stereocenters. The molecule has 0 aliphatic heterocycles. The van der Waals surface area contributed by atoms with Crippen molar-refractivity contribution in [3.8, 4) is 5.75 Å². The van der Waals surface area contributed by atoms with Gasteiger partial charge in [0.25, 0.3) is 0 Å². The summed E-state index contributed by atoms with van der Waals surface area (Å²) in [6, 6.07) is 6.39. The van der Waals surface area contributed by atoms with Crippen LogP contribution in [-0.4, -0.2) is 20.3 Å². The summed E-state index contributed by atoms with van der Waals surface area (Å²) >= 11 is 0. The van der Waals surface area contributed by atoms with E-state index in [0.29, 0.717) is 0 Å². The van der Waals surface area contributed by atoms with Crippen LogP contribution in [0.2, 0.25) is 0 Å². The molecule has 0 saturated heterocycles. The monoisotopic (exact) mass is 192 g/mol. The summed E-state index contributed by atoms with van der Waals surface area (Å²) in [4.78, 5) is 0. The molecule has 1 aromatic carbocycles. The van der Waals surface area contributed by atoms with E-state index in [9.17, 15) is 0 Å². The van der Waals surface area contributed by atoms with Crippen LogP contribution in [0.15, 0.2) is 18.2 Å². The lowest BCUT2D eigenvalue weighted by atomic mass is 9.89. The fraction of sp³-hybridized carbons (Fsp3) is 0.500. The second kappa shape index (κ2) is 4.47. The number of methoxy groups -OCH3 is 1. The Hall–Kier alpha value is -1.02. The van der Waals surface area contributed by atoms with Gasteiger partial charge < -0.3 is 9.47 Å². The highest BCUT2D eigenvalue weighted by Crippen LogP contribution is 2.26. The summed E-state index contributed by atoms with van der Waals surface area (Å²) < 4.78 is 10.6. The number of aryl methyl sites for hydroxylation is 2. The van der Waals surface area contributed by atoms with E-state index in [4.69, 9.17) is 9.47 Å². The van der Waals surface area contributed by atoms with E-state index < -0.39 is 0 Å². The van der Waals surface area contributed by atoms with Crippen molar-refractivity contribution < 1.29 is 9.47 Å². The molecular formula is C12H16O2. The third-order valence-electron chi connectivity index (χ3n) is 2.60. The van der Waals surface area contributed by atoms with Crippen LogP contribution in [0, 0.1) is 0 Å². The van der Waals surface area contributed by atoms with Crippen LogP contribution in [0.3, 0.4) is 0 Å². The molecule has 0 fully saturated rings. The van der Waals surface area contributed by atoms with Gasteiger partial charge in [0.05, 0.1) is 6.61 Å². The Balaban J connectivity index is 1.81. The first kappa shape index (κ1) is 9.53. The molecule has 2 rings (SSSR count). The predicted octanol–water partition coefficient (Wildman–Crippen LogP) is 2.20. The Morgan fingerprint density at radius 3 is 2.64 bits per heavy atom. The second-order valence-electron chi connectivity index (χ2n) is 3.63. The van der Waals surface area contributed by atoms with Crippen molar-refractivity contribution in [3.63, 3.8) is 0 Å². The van der Waals surface area contributed by atoms with Crippen LogP contribution in [0.25, 0.3) is 0 Å². The van der Waals surface area contributed by atoms with E-state index in [1.807, 2.05) is 0 Å². The lowest BCUT2D eigenvalue weighted by Crippen LogP contribution is -2.08. The van der Waals surface area contributed by atoms with E-state index in [-0.39, 0.29) is 0 Å². The van der Waals surface area contributed by atoms with Gasteiger partial charge in [-0.25, -0.2) is 0 Å². The minimum Gasteiger partial charge on any atom is -0.493 e. The zero-order valence-electron chi connectivity index (χ0n) is 8.58. The molecule has 0 aromatic heterocycles. The fourth-order valence-corrected chi connectivity index (χ4v) is 1.65. The summed E-state index contributed by atoms with van der Waals surface area (Å²) in [5.74, 6) is 1.000. The Labute approximate surface area is 84.8 Å². The van der Waals surface area contributed by atoms with Crippen molar-refractivity contribution in [1.82, 2.24) is 0 Å². The van der Waals surface area contributed by atoms with Crippen LogP contribution < -0.4 is 4.74 Å². The highest BCUT2D eigenvalue weighted by molar-refractivity contribution is 5.41. The van der Waals surface area contributed by atoms with Gasteiger partial charge in [-0.15, -0.1) is 0 Å². The maximum absolute atomic E-state index is 5.60. The van der Waals surface area contributed by atoms with E-state index in [0.717, 1.165) is 25.4 Å². The molecule has 0 heterocycles. The molecule has 0 radical (unpaired) electrons. The molecule has 14 heavy (non-hydrogen) atoms. The van der Waals surface area contributed by atoms with Crippen molar-refractivity contribution in [2.45, 2.75) is 19.3 Å². The summed E-state index contributed by atoms with van der Waals surface area (Å²) in [6.45, 7) is 1.51. The van der Waals surface area contributed by atoms with Gasteiger partial charge in [0.1, 0.15) is 5.75 Å². The van der Waals surface area contributed by atoms with Crippen LogP contribution in [0.1, 0.15) is 17.5 Å². The molecular weight excluding hydrogens is 176 g/mol. The summed E-state index contributed by atoms with van der Waals surface area (Å²) in [5, 5.41) is 0. The molecule has 0 saturated carbocycles. The van der Waals surface area contributed by atoms with Gasteiger partial charge in [0.2, 0.25) is 0 Å². The van der Waals surface area contributed by atoms with Gasteiger partial charge >= 0.3 is 0 Å². The molecule has 1 aliphatic carbocycles. The summed E-state index contributed by atoms with van der Waals surface area (Å²) in [6.07, 6.45) is 3.40. The van der Waals surface area contributed by atoms with Gasteiger partial charge in [-0.05, 0) is 36.1 Å². The largest absolute Gasteiger partial charge is 0.493 e. The van der Waals surface area contributed by atoms with Gasteiger partial charge in [-0.2, -0.15) is 0 Å². The van der Waals surface area contributed by atoms with Gasteiger partial charge in [0.15, 0.2) is 0 Å². The topological polar surface area (TPSA) is 18.5 Å². The molecule has 2 heteroatoms. The number of benzene rings is 1. The smallest absolute Gasteiger partial charge is 0.119 e. The van der Waals surface area contributed by atoms with E-state index >= 15 is 0 Å². The van der Waals surface area contributed by atoms with Crippen LogP contribution in [0.4, 0.5) is 0 Å². The number of ether oxygens (including phenoxy) is 2. The zero-order chi connectivity index (χ0) is 9.80. The SMILES string of the molecule is COCCCOc1ccc2c(c1)CC2. The second-order valence-corrected chi connectivity index (χ2v) is 3.63. The van der Waals surface area contributed by atoms with Crippen LogP contribution in [0.5, 0.6) is 5.75 Å². The van der Waals surface area contributed by atoms with Crippen molar-refractivity contribution >= 4 is 0 Å². The van der Waals surface area contributed by atoms with E-state index in [2.05, 4.69) is 18.2 Å². The maximum Gasteiger partial charge on any atom is 0.119 e. The van der Waals surface area contributed by atoms with Crippen LogP contribution in [-0.2, 0) is 17.6 Å². The van der Waals surface area contributed by atoms with Crippen molar-refractivity contribution in [1.29, 1.82) is 0 Å². The first-order valence-electron chi connectivity index (χ1n) is 5.13. The Kier molecular flexibility index (Phi) is 3.04. The van der Waals surface area contributed by atoms with Crippen molar-refractivity contribution in [2.75, 3.05) is 20.3 Å². The molecule has 0 spiro atoms. The number of rotatable bonds is 5. The predicted molar refractivity (Wildman–Crippen MR) is 55.8 cm³/mol. The minimum absolute atomic E-state index is 0.743. The summed E-state index contributed by atoms with van der Waals surface area (Å²) in [5.41, 5.74) is 2.93. The third kappa shape index (κ3) is 2.07. The fourth-order valence-electron chi connectivity index (χ4n) is 1.65. The third-order valence-corrected chi connectivity index (χ3v) is 2.60. The normalized spacial score (nSPS) is 13.2. The molecule has 0 N–H and O–H groups in total. The summed E-state index contributed by atoms with van der Waals surface area (Å²) in [7, 11) is 1.71. The van der Waals surface area contributed by atoms with Gasteiger partial charge in [-0.3, -0.25) is 0 Å². The Morgan fingerprint density at radius 2 is 2.00 bits per heavy atom. The van der Waals surface area contributed by atoms with E-state index in [1.165, 1.54) is 24.0 Å². The number of hydrogen-bond acceptors (Lipinski definition) is 2. The highest BCUT2D eigenvalue weighted by Gasteiger charge is 2.12. The zero-order valence-corrected chi connectivity index (χ0v) is 8.58. The minimum atomic E-state index is 0.743. The molecule has 76 valence electrons. The first-order chi connectivity index (χ1) is 6.90. The molecule has 2 nitrogen and oxygen atoms in total.